The maximum Gasteiger partial charge on any atom is 0.124 e. The van der Waals surface area contributed by atoms with Crippen molar-refractivity contribution in [3.8, 4) is 5.75 Å². The highest BCUT2D eigenvalue weighted by Gasteiger charge is 2.14. The first kappa shape index (κ1) is 12.8. The number of methoxy groups -OCH3 is 1. The number of hydrogen-bond acceptors (Lipinski definition) is 3. The van der Waals surface area contributed by atoms with Crippen LogP contribution in [0.3, 0.4) is 0 Å². The fourth-order valence-electron chi connectivity index (χ4n) is 1.39. The first-order valence-electron chi connectivity index (χ1n) is 5.19. The fraction of sp³-hybridized carbons (Fsp3) is 0.500. The van der Waals surface area contributed by atoms with Crippen molar-refractivity contribution < 1.29 is 4.74 Å². The molecule has 1 aromatic rings. The minimum absolute atomic E-state index is 0.496. The lowest BCUT2D eigenvalue weighted by atomic mass is 10.2. The average Bonchev–Trinajstić information content (AvgIpc) is 2.29. The molecule has 0 aliphatic heterocycles. The second-order valence-electron chi connectivity index (χ2n) is 2.98. The van der Waals surface area contributed by atoms with E-state index < -0.39 is 0 Å². The molecule has 0 radical (unpaired) electrons. The van der Waals surface area contributed by atoms with Gasteiger partial charge in [0.2, 0.25) is 0 Å². The normalized spacial score (nSPS) is 10.7. The molecule has 0 fully saturated rings. The van der Waals surface area contributed by atoms with E-state index in [-0.39, 0.29) is 0 Å². The Morgan fingerprint density at radius 1 is 1.13 bits per heavy atom. The Hall–Kier alpha value is -0.280. The zero-order chi connectivity index (χ0) is 11.1. The minimum atomic E-state index is 0.496. The summed E-state index contributed by atoms with van der Waals surface area (Å²) in [5, 5.41) is 0. The molecule has 0 aliphatic carbocycles. The molecule has 0 aliphatic rings. The third kappa shape index (κ3) is 3.65. The van der Waals surface area contributed by atoms with Gasteiger partial charge in [-0.1, -0.05) is 32.0 Å². The second-order valence-corrected chi connectivity index (χ2v) is 6.05. The number of thioether (sulfide) groups is 2. The Bertz CT molecular complexity index is 283. The predicted molar refractivity (Wildman–Crippen MR) is 72.0 cm³/mol. The predicted octanol–water partition coefficient (Wildman–Crippen LogP) is 4.20. The summed E-state index contributed by atoms with van der Waals surface area (Å²) in [6, 6.07) is 8.30. The number of rotatable bonds is 6. The van der Waals surface area contributed by atoms with Crippen LogP contribution >= 0.6 is 23.5 Å². The van der Waals surface area contributed by atoms with Crippen molar-refractivity contribution in [2.24, 2.45) is 0 Å². The molecule has 84 valence electrons. The van der Waals surface area contributed by atoms with Crippen molar-refractivity contribution in [3.63, 3.8) is 0 Å². The topological polar surface area (TPSA) is 9.23 Å². The first-order chi connectivity index (χ1) is 7.33. The standard InChI is InChI=1S/C12H18OS2/c1-4-14-12(15-5-2)10-8-6-7-9-11(10)13-3/h6-9,12H,4-5H2,1-3H3. The van der Waals surface area contributed by atoms with Crippen LogP contribution in [0.1, 0.15) is 24.0 Å². The molecule has 1 nitrogen and oxygen atoms in total. The number of benzene rings is 1. The van der Waals surface area contributed by atoms with Gasteiger partial charge in [0.15, 0.2) is 0 Å². The molecule has 0 spiro atoms. The van der Waals surface area contributed by atoms with Crippen LogP contribution in [0.25, 0.3) is 0 Å². The molecular formula is C12H18OS2. The molecule has 0 unspecified atom stereocenters. The minimum Gasteiger partial charge on any atom is -0.496 e. The summed E-state index contributed by atoms with van der Waals surface area (Å²) in [7, 11) is 1.74. The van der Waals surface area contributed by atoms with E-state index in [1.165, 1.54) is 5.56 Å². The van der Waals surface area contributed by atoms with Gasteiger partial charge in [0.25, 0.3) is 0 Å². The van der Waals surface area contributed by atoms with Crippen LogP contribution in [0.4, 0.5) is 0 Å². The summed E-state index contributed by atoms with van der Waals surface area (Å²) in [4.78, 5) is 0. The van der Waals surface area contributed by atoms with Crippen LogP contribution in [0, 0.1) is 0 Å². The van der Waals surface area contributed by atoms with Crippen molar-refractivity contribution in [2.45, 2.75) is 18.4 Å². The van der Waals surface area contributed by atoms with Gasteiger partial charge in [-0.25, -0.2) is 0 Å². The van der Waals surface area contributed by atoms with E-state index in [9.17, 15) is 0 Å². The van der Waals surface area contributed by atoms with Gasteiger partial charge < -0.3 is 4.74 Å². The summed E-state index contributed by atoms with van der Waals surface area (Å²) in [6.45, 7) is 4.40. The zero-order valence-corrected chi connectivity index (χ0v) is 11.2. The maximum absolute atomic E-state index is 5.39. The molecule has 3 heteroatoms. The number of hydrogen-bond donors (Lipinski definition) is 0. The smallest absolute Gasteiger partial charge is 0.124 e. The van der Waals surface area contributed by atoms with E-state index in [1.807, 2.05) is 35.7 Å². The van der Waals surface area contributed by atoms with Gasteiger partial charge in [-0.05, 0) is 17.6 Å². The summed E-state index contributed by atoms with van der Waals surface area (Å²) >= 11 is 3.93. The van der Waals surface area contributed by atoms with Gasteiger partial charge in [-0.2, -0.15) is 0 Å². The molecular weight excluding hydrogens is 224 g/mol. The molecule has 0 heterocycles. The molecule has 0 N–H and O–H groups in total. The van der Waals surface area contributed by atoms with Gasteiger partial charge in [0, 0.05) is 5.56 Å². The Kier molecular flexibility index (Phi) is 6.03. The van der Waals surface area contributed by atoms with Crippen LogP contribution in [-0.2, 0) is 0 Å². The largest absolute Gasteiger partial charge is 0.496 e. The lowest BCUT2D eigenvalue weighted by Crippen LogP contribution is -1.95. The highest BCUT2D eigenvalue weighted by atomic mass is 32.2. The highest BCUT2D eigenvalue weighted by molar-refractivity contribution is 8.16. The number of para-hydroxylation sites is 1. The van der Waals surface area contributed by atoms with Crippen molar-refractivity contribution in [1.82, 2.24) is 0 Å². The summed E-state index contributed by atoms with van der Waals surface area (Å²) in [5.41, 5.74) is 1.30. The zero-order valence-electron chi connectivity index (χ0n) is 9.53. The molecule has 0 saturated carbocycles. The third-order valence-electron chi connectivity index (χ3n) is 2.03. The molecule has 0 atom stereocenters. The van der Waals surface area contributed by atoms with Gasteiger partial charge in [-0.15, -0.1) is 23.5 Å². The third-order valence-corrected chi connectivity index (χ3v) is 4.63. The molecule has 0 saturated heterocycles. The van der Waals surface area contributed by atoms with Crippen molar-refractivity contribution >= 4 is 23.5 Å². The van der Waals surface area contributed by atoms with Gasteiger partial charge >= 0.3 is 0 Å². The van der Waals surface area contributed by atoms with Crippen molar-refractivity contribution in [3.05, 3.63) is 29.8 Å². The van der Waals surface area contributed by atoms with Crippen molar-refractivity contribution in [1.29, 1.82) is 0 Å². The van der Waals surface area contributed by atoms with Gasteiger partial charge in [-0.3, -0.25) is 0 Å². The lowest BCUT2D eigenvalue weighted by molar-refractivity contribution is 0.411. The second kappa shape index (κ2) is 7.07. The Balaban J connectivity index is 2.88. The summed E-state index contributed by atoms with van der Waals surface area (Å²) in [6.07, 6.45) is 0. The quantitative estimate of drug-likeness (QED) is 0.692. The molecule has 15 heavy (non-hydrogen) atoms. The lowest BCUT2D eigenvalue weighted by Gasteiger charge is -2.17. The highest BCUT2D eigenvalue weighted by Crippen LogP contribution is 2.42. The molecule has 0 bridgehead atoms. The van der Waals surface area contributed by atoms with E-state index in [0.29, 0.717) is 4.58 Å². The Morgan fingerprint density at radius 3 is 2.27 bits per heavy atom. The molecule has 0 amide bonds. The van der Waals surface area contributed by atoms with Crippen LogP contribution < -0.4 is 4.74 Å². The Morgan fingerprint density at radius 2 is 1.73 bits per heavy atom. The molecule has 1 rings (SSSR count). The van der Waals surface area contributed by atoms with E-state index in [0.717, 1.165) is 17.3 Å². The summed E-state index contributed by atoms with van der Waals surface area (Å²) < 4.78 is 5.89. The van der Waals surface area contributed by atoms with Crippen LogP contribution in [0.2, 0.25) is 0 Å². The van der Waals surface area contributed by atoms with Crippen LogP contribution in [0.15, 0.2) is 24.3 Å². The van der Waals surface area contributed by atoms with E-state index >= 15 is 0 Å². The number of ether oxygens (including phenoxy) is 1. The van der Waals surface area contributed by atoms with E-state index in [1.54, 1.807) is 7.11 Å². The Labute approximate surface area is 101 Å². The van der Waals surface area contributed by atoms with Crippen LogP contribution in [0.5, 0.6) is 5.75 Å². The molecule has 0 aromatic heterocycles. The average molecular weight is 242 g/mol. The van der Waals surface area contributed by atoms with E-state index in [4.69, 9.17) is 4.74 Å². The SMILES string of the molecule is CCSC(SCC)c1ccccc1OC. The first-order valence-corrected chi connectivity index (χ1v) is 7.29. The van der Waals surface area contributed by atoms with E-state index in [2.05, 4.69) is 26.0 Å². The van der Waals surface area contributed by atoms with Crippen molar-refractivity contribution in [2.75, 3.05) is 18.6 Å². The maximum atomic E-state index is 5.39. The monoisotopic (exact) mass is 242 g/mol. The van der Waals surface area contributed by atoms with Gasteiger partial charge in [0.05, 0.1) is 11.7 Å². The van der Waals surface area contributed by atoms with Crippen LogP contribution in [-0.4, -0.2) is 18.6 Å². The fourth-order valence-corrected chi connectivity index (χ4v) is 3.95. The molecule has 1 aromatic carbocycles. The summed E-state index contributed by atoms with van der Waals surface area (Å²) in [5.74, 6) is 3.27. The van der Waals surface area contributed by atoms with Gasteiger partial charge in [0.1, 0.15) is 5.75 Å².